The van der Waals surface area contributed by atoms with Gasteiger partial charge in [-0.1, -0.05) is 38.3 Å². The van der Waals surface area contributed by atoms with Gasteiger partial charge in [-0.3, -0.25) is 0 Å². The zero-order chi connectivity index (χ0) is 20.2. The highest BCUT2D eigenvalue weighted by atomic mass is 127. The molecule has 2 aromatic rings. The molecule has 0 aliphatic carbocycles. The molecule has 4 N–H and O–H groups in total. The van der Waals surface area contributed by atoms with Gasteiger partial charge in [0, 0.05) is 19.5 Å². The van der Waals surface area contributed by atoms with Crippen LogP contribution in [0.15, 0.2) is 57.0 Å². The third-order valence-corrected chi connectivity index (χ3v) is 5.17. The third kappa shape index (κ3) is 10.1. The van der Waals surface area contributed by atoms with E-state index in [-0.39, 0.29) is 28.9 Å². The second-order valence-corrected chi connectivity index (χ2v) is 8.16. The van der Waals surface area contributed by atoms with E-state index >= 15 is 0 Å². The molecule has 162 valence electrons. The van der Waals surface area contributed by atoms with Crippen molar-refractivity contribution in [2.24, 2.45) is 10.1 Å². The number of benzene rings is 1. The van der Waals surface area contributed by atoms with E-state index in [4.69, 9.17) is 9.56 Å². The molecule has 1 aromatic carbocycles. The number of hydrogen-bond donors (Lipinski definition) is 3. The Balaban J connectivity index is 0.00000420. The first-order chi connectivity index (χ1) is 13.5. The number of hydrogen-bond acceptors (Lipinski definition) is 4. The monoisotopic (exact) mass is 534 g/mol. The van der Waals surface area contributed by atoms with Crippen LogP contribution >= 0.6 is 24.0 Å². The molecule has 0 radical (unpaired) electrons. The summed E-state index contributed by atoms with van der Waals surface area (Å²) in [5.74, 6) is 1.66. The normalized spacial score (nSPS) is 11.7. The van der Waals surface area contributed by atoms with Crippen molar-refractivity contribution in [2.75, 3.05) is 13.1 Å². The van der Waals surface area contributed by atoms with Crippen LogP contribution in [-0.4, -0.2) is 27.5 Å². The van der Waals surface area contributed by atoms with E-state index in [1.807, 2.05) is 12.1 Å². The summed E-state index contributed by atoms with van der Waals surface area (Å²) in [6, 6.07) is 10.3. The van der Waals surface area contributed by atoms with Gasteiger partial charge in [-0.05, 0) is 36.2 Å². The number of nitrogens with one attached hydrogen (secondary N) is 2. The first-order valence-electron chi connectivity index (χ1n) is 9.65. The van der Waals surface area contributed by atoms with Gasteiger partial charge in [0.05, 0.1) is 17.7 Å². The van der Waals surface area contributed by atoms with Crippen LogP contribution in [-0.2, 0) is 23.0 Å². The van der Waals surface area contributed by atoms with Crippen LogP contribution in [0.4, 0.5) is 0 Å². The minimum atomic E-state index is -3.67. The summed E-state index contributed by atoms with van der Waals surface area (Å²) >= 11 is 0. The molecule has 0 saturated carbocycles. The van der Waals surface area contributed by atoms with Crippen molar-refractivity contribution >= 4 is 40.0 Å². The Morgan fingerprint density at radius 1 is 1.07 bits per heavy atom. The van der Waals surface area contributed by atoms with Crippen LogP contribution in [0.3, 0.4) is 0 Å². The number of primary sulfonamides is 1. The molecule has 0 saturated heterocycles. The Hall–Kier alpha value is -1.59. The summed E-state index contributed by atoms with van der Waals surface area (Å²) in [6.45, 7) is 4.20. The highest BCUT2D eigenvalue weighted by molar-refractivity contribution is 14.0. The minimum Gasteiger partial charge on any atom is -0.469 e. The van der Waals surface area contributed by atoms with Crippen molar-refractivity contribution in [1.82, 2.24) is 10.6 Å². The number of guanidine groups is 1. The number of nitrogens with two attached hydrogens (primary N) is 1. The molecule has 29 heavy (non-hydrogen) atoms. The van der Waals surface area contributed by atoms with Crippen molar-refractivity contribution in [1.29, 1.82) is 0 Å². The first kappa shape index (κ1) is 25.4. The van der Waals surface area contributed by atoms with Crippen LogP contribution in [0, 0.1) is 0 Å². The molecule has 9 heteroatoms. The van der Waals surface area contributed by atoms with Crippen LogP contribution in [0.2, 0.25) is 0 Å². The standard InChI is InChI=1S/C20H30N4O3S.HI/c1-2-3-4-5-13-22-20(23-14-12-18-7-6-15-27-18)24-16-17-8-10-19(11-9-17)28(21,25)26;/h6-11,15H,2-5,12-14,16H2,1H3,(H2,21,25,26)(H2,22,23,24);1H. The van der Waals surface area contributed by atoms with Crippen molar-refractivity contribution in [2.45, 2.75) is 50.5 Å². The Morgan fingerprint density at radius 2 is 1.79 bits per heavy atom. The Morgan fingerprint density at radius 3 is 2.41 bits per heavy atom. The lowest BCUT2D eigenvalue weighted by Gasteiger charge is -2.12. The Labute approximate surface area is 190 Å². The SMILES string of the molecule is CCCCCCNC(=NCc1ccc(S(N)(=O)=O)cc1)NCCc1ccco1.I. The summed E-state index contributed by atoms with van der Waals surface area (Å²) in [5.41, 5.74) is 0.908. The van der Waals surface area contributed by atoms with Gasteiger partial charge in [-0.2, -0.15) is 0 Å². The molecule has 0 spiro atoms. The maximum atomic E-state index is 11.3. The van der Waals surface area contributed by atoms with Gasteiger partial charge in [0.1, 0.15) is 5.76 Å². The molecule has 1 heterocycles. The fraction of sp³-hybridized carbons (Fsp3) is 0.450. The van der Waals surface area contributed by atoms with E-state index in [0.29, 0.717) is 13.1 Å². The van der Waals surface area contributed by atoms with E-state index in [0.717, 1.165) is 36.7 Å². The van der Waals surface area contributed by atoms with Crippen molar-refractivity contribution < 1.29 is 12.8 Å². The van der Waals surface area contributed by atoms with Gasteiger partial charge in [0.2, 0.25) is 10.0 Å². The largest absolute Gasteiger partial charge is 0.469 e. The quantitative estimate of drug-likeness (QED) is 0.177. The van der Waals surface area contributed by atoms with Gasteiger partial charge >= 0.3 is 0 Å². The molecule has 0 unspecified atom stereocenters. The lowest BCUT2D eigenvalue weighted by atomic mass is 10.2. The molecule has 7 nitrogen and oxygen atoms in total. The number of furan rings is 1. The molecule has 0 bridgehead atoms. The minimum absolute atomic E-state index is 0. The summed E-state index contributed by atoms with van der Waals surface area (Å²) < 4.78 is 28.0. The highest BCUT2D eigenvalue weighted by Gasteiger charge is 2.07. The highest BCUT2D eigenvalue weighted by Crippen LogP contribution is 2.09. The summed E-state index contributed by atoms with van der Waals surface area (Å²) in [7, 11) is -3.67. The van der Waals surface area contributed by atoms with E-state index < -0.39 is 10.0 Å². The van der Waals surface area contributed by atoms with Crippen LogP contribution < -0.4 is 15.8 Å². The van der Waals surface area contributed by atoms with E-state index in [1.165, 1.54) is 31.4 Å². The van der Waals surface area contributed by atoms with Crippen molar-refractivity contribution in [3.63, 3.8) is 0 Å². The number of halogens is 1. The number of aliphatic imine (C=N–C) groups is 1. The Kier molecular flexibility index (Phi) is 11.9. The molecule has 0 aliphatic heterocycles. The van der Waals surface area contributed by atoms with E-state index in [1.54, 1.807) is 18.4 Å². The predicted octanol–water partition coefficient (Wildman–Crippen LogP) is 3.40. The number of unbranched alkanes of at least 4 members (excludes halogenated alkanes) is 3. The lowest BCUT2D eigenvalue weighted by molar-refractivity contribution is 0.506. The molecule has 1 aromatic heterocycles. The second kappa shape index (κ2) is 13.6. The zero-order valence-corrected chi connectivity index (χ0v) is 19.9. The molecular weight excluding hydrogens is 503 g/mol. The smallest absolute Gasteiger partial charge is 0.238 e. The van der Waals surface area contributed by atoms with Gasteiger partial charge in [-0.15, -0.1) is 24.0 Å². The van der Waals surface area contributed by atoms with Crippen molar-refractivity contribution in [3.8, 4) is 0 Å². The molecule has 0 amide bonds. The average Bonchev–Trinajstić information content (AvgIpc) is 3.18. The molecular formula is C20H31IN4O3S. The molecule has 2 rings (SSSR count). The fourth-order valence-electron chi connectivity index (χ4n) is 2.65. The summed E-state index contributed by atoms with van der Waals surface area (Å²) in [5, 5.41) is 11.8. The maximum absolute atomic E-state index is 11.3. The summed E-state index contributed by atoms with van der Waals surface area (Å²) in [6.07, 6.45) is 7.16. The lowest BCUT2D eigenvalue weighted by Crippen LogP contribution is -2.39. The van der Waals surface area contributed by atoms with Crippen LogP contribution in [0.25, 0.3) is 0 Å². The predicted molar refractivity (Wildman–Crippen MR) is 127 cm³/mol. The third-order valence-electron chi connectivity index (χ3n) is 4.24. The van der Waals surface area contributed by atoms with E-state index in [9.17, 15) is 8.42 Å². The average molecular weight is 534 g/mol. The van der Waals surface area contributed by atoms with Gasteiger partial charge in [0.15, 0.2) is 5.96 Å². The van der Waals surface area contributed by atoms with Crippen LogP contribution in [0.5, 0.6) is 0 Å². The molecule has 0 atom stereocenters. The molecule has 0 aliphatic rings. The van der Waals surface area contributed by atoms with Gasteiger partial charge in [-0.25, -0.2) is 18.5 Å². The maximum Gasteiger partial charge on any atom is 0.238 e. The topological polar surface area (TPSA) is 110 Å². The van der Waals surface area contributed by atoms with E-state index in [2.05, 4.69) is 22.5 Å². The number of rotatable bonds is 11. The Bertz CT molecular complexity index is 822. The molecule has 0 fully saturated rings. The van der Waals surface area contributed by atoms with Gasteiger partial charge < -0.3 is 15.1 Å². The number of nitrogens with zero attached hydrogens (tertiary/aromatic N) is 1. The fourth-order valence-corrected chi connectivity index (χ4v) is 3.16. The number of sulfonamides is 1. The zero-order valence-electron chi connectivity index (χ0n) is 16.8. The second-order valence-electron chi connectivity index (χ2n) is 6.60. The van der Waals surface area contributed by atoms with Crippen LogP contribution in [0.1, 0.15) is 43.9 Å². The summed E-state index contributed by atoms with van der Waals surface area (Å²) in [4.78, 5) is 4.71. The first-order valence-corrected chi connectivity index (χ1v) is 11.2. The van der Waals surface area contributed by atoms with Crippen molar-refractivity contribution in [3.05, 3.63) is 54.0 Å². The van der Waals surface area contributed by atoms with Gasteiger partial charge in [0.25, 0.3) is 0 Å².